The van der Waals surface area contributed by atoms with Gasteiger partial charge in [0.05, 0.1) is 17.1 Å². The lowest BCUT2D eigenvalue weighted by molar-refractivity contribution is -0.384. The number of nitro benzene ring substituents is 1. The minimum atomic E-state index is -0.721. The summed E-state index contributed by atoms with van der Waals surface area (Å²) in [5.74, 6) is -1.08. The minimum absolute atomic E-state index is 0.0402. The Morgan fingerprint density at radius 2 is 1.61 bits per heavy atom. The Morgan fingerprint density at radius 3 is 2.24 bits per heavy atom. The van der Waals surface area contributed by atoms with E-state index in [2.05, 4.69) is 0 Å². The van der Waals surface area contributed by atoms with Crippen LogP contribution in [0.15, 0.2) is 48.5 Å². The van der Waals surface area contributed by atoms with Gasteiger partial charge in [-0.05, 0) is 31.4 Å². The molecule has 1 heterocycles. The Labute approximate surface area is 192 Å². The molecule has 0 N–H and O–H groups in total. The van der Waals surface area contributed by atoms with E-state index in [-0.39, 0.29) is 29.3 Å². The van der Waals surface area contributed by atoms with Crippen LogP contribution in [0.3, 0.4) is 0 Å². The van der Waals surface area contributed by atoms with Crippen molar-refractivity contribution in [3.8, 4) is 0 Å². The molecule has 0 aromatic heterocycles. The maximum absolute atomic E-state index is 13.0. The first-order chi connectivity index (χ1) is 15.9. The Bertz CT molecular complexity index is 1020. The monoisotopic (exact) mass is 453 g/mol. The molecule has 0 bridgehead atoms. The van der Waals surface area contributed by atoms with Gasteiger partial charge >= 0.3 is 5.97 Å². The van der Waals surface area contributed by atoms with E-state index in [1.165, 1.54) is 11.6 Å². The molecule has 2 amide bonds. The Hall–Kier alpha value is -3.75. The van der Waals surface area contributed by atoms with Gasteiger partial charge in [0.1, 0.15) is 0 Å². The molecule has 0 atom stereocenters. The van der Waals surface area contributed by atoms with Crippen molar-refractivity contribution < 1.29 is 24.0 Å². The fourth-order valence-corrected chi connectivity index (χ4v) is 3.76. The van der Waals surface area contributed by atoms with Crippen LogP contribution in [0.25, 0.3) is 0 Å². The van der Waals surface area contributed by atoms with Crippen LogP contribution >= 0.6 is 0 Å². The van der Waals surface area contributed by atoms with E-state index >= 15 is 0 Å². The molecule has 9 heteroatoms. The minimum Gasteiger partial charge on any atom is -0.462 e. The van der Waals surface area contributed by atoms with E-state index in [1.807, 2.05) is 30.3 Å². The second kappa shape index (κ2) is 11.2. The van der Waals surface area contributed by atoms with Crippen LogP contribution in [-0.2, 0) is 16.0 Å². The predicted molar refractivity (Wildman–Crippen MR) is 121 cm³/mol. The summed E-state index contributed by atoms with van der Waals surface area (Å²) in [7, 11) is 0. The van der Waals surface area contributed by atoms with Crippen LogP contribution in [0.2, 0.25) is 0 Å². The average Bonchev–Trinajstić information content (AvgIpc) is 2.84. The highest BCUT2D eigenvalue weighted by molar-refractivity contribution is 5.99. The number of aryl methyl sites for hydroxylation is 1. The van der Waals surface area contributed by atoms with E-state index < -0.39 is 16.8 Å². The summed E-state index contributed by atoms with van der Waals surface area (Å²) in [6.45, 7) is 3.18. The number of carbonyl (C=O) groups excluding carboxylic acids is 3. The van der Waals surface area contributed by atoms with Crippen molar-refractivity contribution in [1.82, 2.24) is 9.80 Å². The fraction of sp³-hybridized carbons (Fsp3) is 0.375. The molecule has 1 aliphatic heterocycles. The highest BCUT2D eigenvalue weighted by atomic mass is 16.6. The number of carbonyl (C=O) groups is 3. The van der Waals surface area contributed by atoms with Gasteiger partial charge in [-0.3, -0.25) is 19.7 Å². The molecule has 0 radical (unpaired) electrons. The molecule has 33 heavy (non-hydrogen) atoms. The Morgan fingerprint density at radius 1 is 0.970 bits per heavy atom. The number of piperazine rings is 1. The van der Waals surface area contributed by atoms with E-state index in [4.69, 9.17) is 4.74 Å². The molecule has 9 nitrogen and oxygen atoms in total. The third-order valence-electron chi connectivity index (χ3n) is 5.51. The number of amides is 2. The van der Waals surface area contributed by atoms with Crippen molar-refractivity contribution in [3.05, 3.63) is 75.3 Å². The molecule has 0 saturated carbocycles. The third-order valence-corrected chi connectivity index (χ3v) is 5.51. The topological polar surface area (TPSA) is 110 Å². The van der Waals surface area contributed by atoms with Gasteiger partial charge in [0.25, 0.3) is 11.6 Å². The van der Waals surface area contributed by atoms with Crippen molar-refractivity contribution in [2.24, 2.45) is 0 Å². The van der Waals surface area contributed by atoms with Crippen molar-refractivity contribution >= 4 is 23.5 Å². The zero-order chi connectivity index (χ0) is 23.8. The lowest BCUT2D eigenvalue weighted by Gasteiger charge is -2.35. The van der Waals surface area contributed by atoms with Gasteiger partial charge in [-0.15, -0.1) is 0 Å². The number of hydrogen-bond acceptors (Lipinski definition) is 6. The van der Waals surface area contributed by atoms with Gasteiger partial charge in [-0.2, -0.15) is 0 Å². The number of rotatable bonds is 8. The molecule has 1 fully saturated rings. The second-order valence-electron chi connectivity index (χ2n) is 7.76. The molecule has 1 saturated heterocycles. The molecular formula is C24H27N3O6. The van der Waals surface area contributed by atoms with Gasteiger partial charge in [-0.25, -0.2) is 4.79 Å². The molecular weight excluding hydrogens is 426 g/mol. The zero-order valence-corrected chi connectivity index (χ0v) is 18.6. The molecule has 0 unspecified atom stereocenters. The standard InChI is InChI=1S/C24H27N3O6/c1-2-33-24(30)20-15-19(16-21(17-20)27(31)32)23(29)26-13-11-25(12-14-26)22(28)10-6-9-18-7-4-3-5-8-18/h3-5,7-8,15-17H,2,6,9-14H2,1H3. The number of nitro groups is 1. The van der Waals surface area contributed by atoms with Crippen LogP contribution in [0, 0.1) is 10.1 Å². The first-order valence-corrected chi connectivity index (χ1v) is 11.0. The lowest BCUT2D eigenvalue weighted by atomic mass is 10.1. The summed E-state index contributed by atoms with van der Waals surface area (Å²) in [6, 6.07) is 13.6. The van der Waals surface area contributed by atoms with Crippen molar-refractivity contribution in [2.75, 3.05) is 32.8 Å². The SMILES string of the molecule is CCOC(=O)c1cc(C(=O)N2CCN(C(=O)CCCc3ccccc3)CC2)cc([N+](=O)[O-])c1. The van der Waals surface area contributed by atoms with Crippen molar-refractivity contribution in [1.29, 1.82) is 0 Å². The molecule has 174 valence electrons. The Balaban J connectivity index is 1.57. The molecule has 0 aliphatic carbocycles. The van der Waals surface area contributed by atoms with Crippen LogP contribution < -0.4 is 0 Å². The highest BCUT2D eigenvalue weighted by Crippen LogP contribution is 2.20. The summed E-state index contributed by atoms with van der Waals surface area (Å²) in [4.78, 5) is 51.4. The van der Waals surface area contributed by atoms with Crippen LogP contribution in [0.4, 0.5) is 5.69 Å². The smallest absolute Gasteiger partial charge is 0.338 e. The van der Waals surface area contributed by atoms with Crippen LogP contribution in [0.5, 0.6) is 0 Å². The molecule has 3 rings (SSSR count). The average molecular weight is 453 g/mol. The zero-order valence-electron chi connectivity index (χ0n) is 18.6. The first kappa shape index (κ1) is 23.9. The number of non-ortho nitro benzene ring substituents is 1. The summed E-state index contributed by atoms with van der Waals surface area (Å²) < 4.78 is 4.91. The molecule has 2 aromatic carbocycles. The maximum Gasteiger partial charge on any atom is 0.338 e. The van der Waals surface area contributed by atoms with E-state index in [0.717, 1.165) is 25.0 Å². The van der Waals surface area contributed by atoms with Crippen LogP contribution in [-0.4, -0.2) is 65.3 Å². The molecule has 2 aromatic rings. The van der Waals surface area contributed by atoms with Gasteiger partial charge < -0.3 is 14.5 Å². The third kappa shape index (κ3) is 6.38. The van der Waals surface area contributed by atoms with E-state index in [1.54, 1.807) is 16.7 Å². The summed E-state index contributed by atoms with van der Waals surface area (Å²) in [6.07, 6.45) is 2.03. The van der Waals surface area contributed by atoms with Gasteiger partial charge in [-0.1, -0.05) is 30.3 Å². The van der Waals surface area contributed by atoms with Crippen LogP contribution in [0.1, 0.15) is 46.0 Å². The van der Waals surface area contributed by atoms with E-state index in [9.17, 15) is 24.5 Å². The second-order valence-corrected chi connectivity index (χ2v) is 7.76. The van der Waals surface area contributed by atoms with Gasteiger partial charge in [0.15, 0.2) is 0 Å². The summed E-state index contributed by atoms with van der Waals surface area (Å²) >= 11 is 0. The number of ether oxygens (including phenoxy) is 1. The largest absolute Gasteiger partial charge is 0.462 e. The van der Waals surface area contributed by atoms with Gasteiger partial charge in [0.2, 0.25) is 5.91 Å². The van der Waals surface area contributed by atoms with Crippen molar-refractivity contribution in [3.63, 3.8) is 0 Å². The quantitative estimate of drug-likeness (QED) is 0.345. The number of hydrogen-bond donors (Lipinski definition) is 0. The van der Waals surface area contributed by atoms with E-state index in [0.29, 0.717) is 32.6 Å². The fourth-order valence-electron chi connectivity index (χ4n) is 3.76. The molecule has 0 spiro atoms. The summed E-state index contributed by atoms with van der Waals surface area (Å²) in [5.41, 5.74) is 0.854. The van der Waals surface area contributed by atoms with Crippen molar-refractivity contribution in [2.45, 2.75) is 26.2 Å². The lowest BCUT2D eigenvalue weighted by Crippen LogP contribution is -2.50. The predicted octanol–water partition coefficient (Wildman–Crippen LogP) is 3.08. The maximum atomic E-state index is 13.0. The number of nitrogens with zero attached hydrogens (tertiary/aromatic N) is 3. The number of benzene rings is 2. The highest BCUT2D eigenvalue weighted by Gasteiger charge is 2.27. The Kier molecular flexibility index (Phi) is 8.12. The normalized spacial score (nSPS) is 13.5. The van der Waals surface area contributed by atoms with Gasteiger partial charge in [0, 0.05) is 50.3 Å². The summed E-state index contributed by atoms with van der Waals surface area (Å²) in [5, 5.41) is 11.3. The molecule has 1 aliphatic rings. The number of esters is 1. The first-order valence-electron chi connectivity index (χ1n) is 11.0.